The average molecular weight is 398 g/mol. The molecule has 28 heavy (non-hydrogen) atoms. The van der Waals surface area contributed by atoms with Crippen molar-refractivity contribution in [3.05, 3.63) is 75.7 Å². The molecule has 0 aliphatic rings. The van der Waals surface area contributed by atoms with Crippen molar-refractivity contribution in [2.75, 3.05) is 0 Å². The Bertz CT molecular complexity index is 1210. The summed E-state index contributed by atoms with van der Waals surface area (Å²) in [5.41, 5.74) is 1.34. The second-order valence-corrected chi connectivity index (χ2v) is 6.66. The number of hydrogen-bond acceptors (Lipinski definition) is 5. The van der Waals surface area contributed by atoms with E-state index in [2.05, 4.69) is 15.4 Å². The summed E-state index contributed by atoms with van der Waals surface area (Å²) in [7, 11) is 0. The van der Waals surface area contributed by atoms with Crippen LogP contribution in [0, 0.1) is 6.92 Å². The van der Waals surface area contributed by atoms with Crippen molar-refractivity contribution in [3.8, 4) is 11.4 Å². The summed E-state index contributed by atoms with van der Waals surface area (Å²) in [5, 5.41) is 7.51. The van der Waals surface area contributed by atoms with Crippen LogP contribution in [0.4, 0.5) is 0 Å². The van der Waals surface area contributed by atoms with E-state index < -0.39 is 5.69 Å². The lowest BCUT2D eigenvalue weighted by molar-refractivity contribution is -0.122. The average Bonchev–Trinajstić information content (AvgIpc) is 3.28. The first-order chi connectivity index (χ1) is 13.5. The first-order valence-electron chi connectivity index (χ1n) is 8.53. The molecule has 0 spiro atoms. The molecule has 9 heteroatoms. The third-order valence-corrected chi connectivity index (χ3v) is 4.35. The summed E-state index contributed by atoms with van der Waals surface area (Å²) in [6.45, 7) is 1.84. The lowest BCUT2D eigenvalue weighted by Gasteiger charge is -2.05. The number of nitrogens with one attached hydrogen (secondary N) is 1. The van der Waals surface area contributed by atoms with Crippen LogP contribution >= 0.6 is 11.6 Å². The quantitative estimate of drug-likeness (QED) is 0.558. The van der Waals surface area contributed by atoms with Crippen molar-refractivity contribution in [3.63, 3.8) is 0 Å². The summed E-state index contributed by atoms with van der Waals surface area (Å²) in [6, 6.07) is 12.2. The monoisotopic (exact) mass is 397 g/mol. The smallest absolute Gasteiger partial charge is 0.352 e. The number of benzene rings is 1. The number of aryl methyl sites for hydroxylation is 1. The van der Waals surface area contributed by atoms with Gasteiger partial charge in [0.1, 0.15) is 18.1 Å². The highest BCUT2D eigenvalue weighted by Gasteiger charge is 2.16. The molecular formula is C19H16ClN5O3. The summed E-state index contributed by atoms with van der Waals surface area (Å²) in [5.74, 6) is 0.694. The molecule has 4 aromatic rings. The van der Waals surface area contributed by atoms with Crippen molar-refractivity contribution in [1.29, 1.82) is 0 Å². The molecule has 0 unspecified atom stereocenters. The van der Waals surface area contributed by atoms with Gasteiger partial charge >= 0.3 is 5.69 Å². The van der Waals surface area contributed by atoms with E-state index in [1.807, 2.05) is 13.0 Å². The van der Waals surface area contributed by atoms with Crippen molar-refractivity contribution in [2.45, 2.75) is 20.0 Å². The Balaban J connectivity index is 1.67. The Labute approximate surface area is 164 Å². The van der Waals surface area contributed by atoms with Crippen molar-refractivity contribution >= 4 is 23.2 Å². The van der Waals surface area contributed by atoms with Crippen LogP contribution in [0.1, 0.15) is 11.5 Å². The molecule has 1 N–H and O–H groups in total. The molecule has 0 saturated carbocycles. The lowest BCUT2D eigenvalue weighted by Crippen LogP contribution is -2.32. The van der Waals surface area contributed by atoms with Gasteiger partial charge in [0.2, 0.25) is 5.91 Å². The van der Waals surface area contributed by atoms with E-state index in [1.165, 1.54) is 10.7 Å². The molecule has 3 heterocycles. The fourth-order valence-corrected chi connectivity index (χ4v) is 3.06. The largest absolute Gasteiger partial charge is 0.467 e. The zero-order chi connectivity index (χ0) is 19.7. The molecule has 0 aliphatic heterocycles. The highest BCUT2D eigenvalue weighted by Crippen LogP contribution is 2.21. The Morgan fingerprint density at radius 2 is 2.11 bits per heavy atom. The van der Waals surface area contributed by atoms with Crippen molar-refractivity contribution < 1.29 is 9.21 Å². The zero-order valence-electron chi connectivity index (χ0n) is 14.9. The van der Waals surface area contributed by atoms with Crippen LogP contribution in [0.2, 0.25) is 5.02 Å². The molecule has 1 amide bonds. The molecule has 142 valence electrons. The highest BCUT2D eigenvalue weighted by atomic mass is 35.5. The number of carbonyl (C=O) groups excluding carboxylic acids is 1. The molecule has 0 aliphatic carbocycles. The second kappa shape index (κ2) is 7.32. The van der Waals surface area contributed by atoms with Gasteiger partial charge in [0, 0.05) is 22.3 Å². The SMILES string of the molecule is Cc1cc2nn(CC(=O)NCc3ccco3)c(=O)n2c(-c2cccc(Cl)c2)n1. The minimum atomic E-state index is -0.453. The van der Waals surface area contributed by atoms with Crippen LogP contribution < -0.4 is 11.0 Å². The van der Waals surface area contributed by atoms with Gasteiger partial charge < -0.3 is 9.73 Å². The van der Waals surface area contributed by atoms with Crippen LogP contribution in [0.3, 0.4) is 0 Å². The van der Waals surface area contributed by atoms with Gasteiger partial charge in [0.05, 0.1) is 12.8 Å². The number of nitrogens with zero attached hydrogens (tertiary/aromatic N) is 4. The second-order valence-electron chi connectivity index (χ2n) is 6.22. The van der Waals surface area contributed by atoms with Gasteiger partial charge in [-0.05, 0) is 31.2 Å². The van der Waals surface area contributed by atoms with E-state index in [1.54, 1.807) is 36.4 Å². The normalized spacial score (nSPS) is 11.1. The molecule has 0 saturated heterocycles. The van der Waals surface area contributed by atoms with Crippen LogP contribution in [-0.4, -0.2) is 25.1 Å². The summed E-state index contributed by atoms with van der Waals surface area (Å²) >= 11 is 6.08. The fraction of sp³-hybridized carbons (Fsp3) is 0.158. The summed E-state index contributed by atoms with van der Waals surface area (Å²) in [4.78, 5) is 29.6. The van der Waals surface area contributed by atoms with Crippen LogP contribution in [-0.2, 0) is 17.9 Å². The molecule has 0 bridgehead atoms. The highest BCUT2D eigenvalue weighted by molar-refractivity contribution is 6.30. The third kappa shape index (κ3) is 3.54. The molecule has 1 aromatic carbocycles. The molecule has 4 rings (SSSR count). The van der Waals surface area contributed by atoms with E-state index in [0.29, 0.717) is 33.5 Å². The van der Waals surface area contributed by atoms with Crippen LogP contribution in [0.5, 0.6) is 0 Å². The Hall–Kier alpha value is -3.39. The number of carbonyl (C=O) groups is 1. The zero-order valence-corrected chi connectivity index (χ0v) is 15.7. The van der Waals surface area contributed by atoms with E-state index in [4.69, 9.17) is 16.0 Å². The number of aromatic nitrogens is 4. The standard InChI is InChI=1S/C19H16ClN5O3/c1-12-8-16-23-24(11-17(26)21-10-15-6-3-7-28-15)19(27)25(16)18(22-12)13-4-2-5-14(20)9-13/h2-9H,10-11H2,1H3,(H,21,26). The molecule has 8 nitrogen and oxygen atoms in total. The first-order valence-corrected chi connectivity index (χ1v) is 8.91. The maximum absolute atomic E-state index is 12.9. The first kappa shape index (κ1) is 18.0. The number of halogens is 1. The maximum Gasteiger partial charge on any atom is 0.352 e. The molecule has 0 atom stereocenters. The van der Waals surface area contributed by atoms with E-state index in [-0.39, 0.29) is 19.0 Å². The fourth-order valence-electron chi connectivity index (χ4n) is 2.87. The number of amides is 1. The number of hydrogen-bond donors (Lipinski definition) is 1. The van der Waals surface area contributed by atoms with Crippen LogP contribution in [0.15, 0.2) is 57.9 Å². The van der Waals surface area contributed by atoms with Gasteiger partial charge in [0.15, 0.2) is 5.65 Å². The Morgan fingerprint density at radius 1 is 1.25 bits per heavy atom. The topological polar surface area (TPSA) is 94.4 Å². The van der Waals surface area contributed by atoms with E-state index in [9.17, 15) is 9.59 Å². The van der Waals surface area contributed by atoms with Crippen LogP contribution in [0.25, 0.3) is 17.0 Å². The Kier molecular flexibility index (Phi) is 4.70. The van der Waals surface area contributed by atoms with Gasteiger partial charge in [-0.3, -0.25) is 4.79 Å². The minimum Gasteiger partial charge on any atom is -0.467 e. The predicted octanol–water partition coefficient (Wildman–Crippen LogP) is 2.43. The van der Waals surface area contributed by atoms with Crippen molar-refractivity contribution in [1.82, 2.24) is 24.5 Å². The minimum absolute atomic E-state index is 0.213. The predicted molar refractivity (Wildman–Crippen MR) is 103 cm³/mol. The molecular weight excluding hydrogens is 382 g/mol. The number of fused-ring (bicyclic) bond motifs is 1. The maximum atomic E-state index is 12.9. The van der Waals surface area contributed by atoms with Crippen molar-refractivity contribution in [2.24, 2.45) is 0 Å². The van der Waals surface area contributed by atoms with Gasteiger partial charge in [-0.1, -0.05) is 23.7 Å². The third-order valence-electron chi connectivity index (χ3n) is 4.11. The van der Waals surface area contributed by atoms with E-state index >= 15 is 0 Å². The molecule has 0 radical (unpaired) electrons. The number of furan rings is 1. The van der Waals surface area contributed by atoms with Gasteiger partial charge in [-0.25, -0.2) is 18.9 Å². The van der Waals surface area contributed by atoms with E-state index in [0.717, 1.165) is 4.68 Å². The molecule has 3 aromatic heterocycles. The Morgan fingerprint density at radius 3 is 2.86 bits per heavy atom. The molecule has 0 fully saturated rings. The van der Waals surface area contributed by atoms with Gasteiger partial charge in [-0.15, -0.1) is 5.10 Å². The van der Waals surface area contributed by atoms with Gasteiger partial charge in [-0.2, -0.15) is 0 Å². The lowest BCUT2D eigenvalue weighted by atomic mass is 10.2. The summed E-state index contributed by atoms with van der Waals surface area (Å²) < 4.78 is 7.66. The number of rotatable bonds is 5. The summed E-state index contributed by atoms with van der Waals surface area (Å²) in [6.07, 6.45) is 1.53. The van der Waals surface area contributed by atoms with Gasteiger partial charge in [0.25, 0.3) is 0 Å².